The molecule has 3 heteroatoms. The molecule has 0 saturated heterocycles. The lowest BCUT2D eigenvalue weighted by Crippen LogP contribution is -2.33. The first-order chi connectivity index (χ1) is 7.20. The van der Waals surface area contributed by atoms with E-state index in [4.69, 9.17) is 11.6 Å². The van der Waals surface area contributed by atoms with E-state index in [0.29, 0.717) is 0 Å². The SMILES string of the molecule is CCCN(CCCCCCl)CCN(C)C. The molecule has 0 aromatic heterocycles. The third-order valence-electron chi connectivity index (χ3n) is 2.51. The molecule has 0 aliphatic carbocycles. The number of alkyl halides is 1. The van der Waals surface area contributed by atoms with Crippen LogP contribution in [0.1, 0.15) is 32.6 Å². The summed E-state index contributed by atoms with van der Waals surface area (Å²) in [6.45, 7) is 7.08. The summed E-state index contributed by atoms with van der Waals surface area (Å²) in [6, 6.07) is 0. The fourth-order valence-corrected chi connectivity index (χ4v) is 1.79. The third-order valence-corrected chi connectivity index (χ3v) is 2.78. The zero-order chi connectivity index (χ0) is 11.5. The van der Waals surface area contributed by atoms with Crippen LogP contribution in [0.4, 0.5) is 0 Å². The van der Waals surface area contributed by atoms with Gasteiger partial charge in [0, 0.05) is 19.0 Å². The molecular weight excluding hydrogens is 208 g/mol. The summed E-state index contributed by atoms with van der Waals surface area (Å²) >= 11 is 5.66. The normalized spacial score (nSPS) is 11.6. The van der Waals surface area contributed by atoms with Crippen molar-refractivity contribution in [3.05, 3.63) is 0 Å². The zero-order valence-corrected chi connectivity index (χ0v) is 11.4. The lowest BCUT2D eigenvalue weighted by atomic mass is 10.2. The van der Waals surface area contributed by atoms with E-state index < -0.39 is 0 Å². The highest BCUT2D eigenvalue weighted by molar-refractivity contribution is 6.17. The summed E-state index contributed by atoms with van der Waals surface area (Å²) in [5.74, 6) is 0.811. The molecule has 0 rings (SSSR count). The molecule has 0 fully saturated rings. The van der Waals surface area contributed by atoms with Crippen molar-refractivity contribution in [3.8, 4) is 0 Å². The van der Waals surface area contributed by atoms with Crippen molar-refractivity contribution in [1.82, 2.24) is 9.80 Å². The summed E-state index contributed by atoms with van der Waals surface area (Å²) in [4.78, 5) is 4.82. The smallest absolute Gasteiger partial charge is 0.0223 e. The standard InChI is InChI=1S/C12H27ClN2/c1-4-9-15(12-11-14(2)3)10-7-5-6-8-13/h4-12H2,1-3H3. The van der Waals surface area contributed by atoms with Crippen LogP contribution in [-0.2, 0) is 0 Å². The minimum atomic E-state index is 0.811. The maximum Gasteiger partial charge on any atom is 0.0223 e. The second-order valence-corrected chi connectivity index (χ2v) is 4.77. The highest BCUT2D eigenvalue weighted by Crippen LogP contribution is 2.01. The van der Waals surface area contributed by atoms with Gasteiger partial charge in [0.25, 0.3) is 0 Å². The van der Waals surface area contributed by atoms with E-state index in [1.54, 1.807) is 0 Å². The zero-order valence-electron chi connectivity index (χ0n) is 10.6. The number of nitrogens with zero attached hydrogens (tertiary/aromatic N) is 2. The van der Waals surface area contributed by atoms with Gasteiger partial charge >= 0.3 is 0 Å². The van der Waals surface area contributed by atoms with Crippen LogP contribution in [0.3, 0.4) is 0 Å². The van der Waals surface area contributed by atoms with E-state index in [2.05, 4.69) is 30.8 Å². The number of rotatable bonds is 10. The van der Waals surface area contributed by atoms with Crippen LogP contribution in [-0.4, -0.2) is 56.0 Å². The van der Waals surface area contributed by atoms with Gasteiger partial charge in [0.15, 0.2) is 0 Å². The van der Waals surface area contributed by atoms with Gasteiger partial charge < -0.3 is 9.80 Å². The van der Waals surface area contributed by atoms with Gasteiger partial charge in [0.05, 0.1) is 0 Å². The second kappa shape index (κ2) is 10.7. The topological polar surface area (TPSA) is 6.48 Å². The van der Waals surface area contributed by atoms with Crippen LogP contribution in [0.15, 0.2) is 0 Å². The molecule has 0 aliphatic heterocycles. The van der Waals surface area contributed by atoms with Crippen molar-refractivity contribution >= 4 is 11.6 Å². The third kappa shape index (κ3) is 10.5. The van der Waals surface area contributed by atoms with Gasteiger partial charge in [-0.2, -0.15) is 0 Å². The van der Waals surface area contributed by atoms with E-state index in [0.717, 1.165) is 18.8 Å². The summed E-state index contributed by atoms with van der Waals surface area (Å²) in [5.41, 5.74) is 0. The van der Waals surface area contributed by atoms with Crippen molar-refractivity contribution in [2.24, 2.45) is 0 Å². The highest BCUT2D eigenvalue weighted by atomic mass is 35.5. The number of halogens is 1. The van der Waals surface area contributed by atoms with Crippen LogP contribution in [0.2, 0.25) is 0 Å². The first-order valence-electron chi connectivity index (χ1n) is 6.13. The van der Waals surface area contributed by atoms with E-state index in [-0.39, 0.29) is 0 Å². The predicted octanol–water partition coefficient (Wildman–Crippen LogP) is 2.67. The van der Waals surface area contributed by atoms with Gasteiger partial charge in [0.2, 0.25) is 0 Å². The molecule has 0 heterocycles. The first kappa shape index (κ1) is 15.2. The molecule has 0 atom stereocenters. The van der Waals surface area contributed by atoms with Crippen LogP contribution in [0.25, 0.3) is 0 Å². The van der Waals surface area contributed by atoms with Crippen LogP contribution >= 0.6 is 11.6 Å². The van der Waals surface area contributed by atoms with Crippen molar-refractivity contribution in [3.63, 3.8) is 0 Å². The molecule has 0 aromatic rings. The fraction of sp³-hybridized carbons (Fsp3) is 1.00. The highest BCUT2D eigenvalue weighted by Gasteiger charge is 2.03. The molecular formula is C12H27ClN2. The largest absolute Gasteiger partial charge is 0.308 e. The van der Waals surface area contributed by atoms with Crippen molar-refractivity contribution in [1.29, 1.82) is 0 Å². The van der Waals surface area contributed by atoms with Crippen LogP contribution in [0, 0.1) is 0 Å². The molecule has 92 valence electrons. The predicted molar refractivity (Wildman–Crippen MR) is 69.9 cm³/mol. The Balaban J connectivity index is 3.53. The quantitative estimate of drug-likeness (QED) is 0.424. The van der Waals surface area contributed by atoms with E-state index in [9.17, 15) is 0 Å². The number of hydrogen-bond donors (Lipinski definition) is 0. The molecule has 0 aromatic carbocycles. The number of unbranched alkanes of at least 4 members (excludes halogenated alkanes) is 2. The number of hydrogen-bond acceptors (Lipinski definition) is 2. The maximum absolute atomic E-state index is 5.66. The van der Waals surface area contributed by atoms with Crippen molar-refractivity contribution in [2.75, 3.05) is 46.2 Å². The minimum Gasteiger partial charge on any atom is -0.308 e. The Labute approximate surface area is 101 Å². The summed E-state index contributed by atoms with van der Waals surface area (Å²) < 4.78 is 0. The second-order valence-electron chi connectivity index (χ2n) is 4.39. The van der Waals surface area contributed by atoms with Gasteiger partial charge in [-0.1, -0.05) is 13.3 Å². The Bertz CT molecular complexity index is 129. The molecule has 0 aliphatic rings. The molecule has 2 nitrogen and oxygen atoms in total. The van der Waals surface area contributed by atoms with Gasteiger partial charge in [-0.05, 0) is 46.4 Å². The molecule has 0 N–H and O–H groups in total. The van der Waals surface area contributed by atoms with Gasteiger partial charge in [-0.25, -0.2) is 0 Å². The Morgan fingerprint density at radius 1 is 0.867 bits per heavy atom. The summed E-state index contributed by atoms with van der Waals surface area (Å²) in [6.07, 6.45) is 4.98. The maximum atomic E-state index is 5.66. The molecule has 0 amide bonds. The van der Waals surface area contributed by atoms with Crippen LogP contribution in [0.5, 0.6) is 0 Å². The average molecular weight is 235 g/mol. The summed E-state index contributed by atoms with van der Waals surface area (Å²) in [7, 11) is 4.27. The lowest BCUT2D eigenvalue weighted by Gasteiger charge is -2.23. The van der Waals surface area contributed by atoms with Gasteiger partial charge in [-0.15, -0.1) is 11.6 Å². The van der Waals surface area contributed by atoms with E-state index in [1.165, 1.54) is 38.9 Å². The molecule has 0 radical (unpaired) electrons. The Hall–Kier alpha value is 0.210. The molecule has 15 heavy (non-hydrogen) atoms. The minimum absolute atomic E-state index is 0.811. The van der Waals surface area contributed by atoms with Crippen molar-refractivity contribution in [2.45, 2.75) is 32.6 Å². The molecule has 0 saturated carbocycles. The van der Waals surface area contributed by atoms with Gasteiger partial charge in [-0.3, -0.25) is 0 Å². The first-order valence-corrected chi connectivity index (χ1v) is 6.67. The Kier molecular flexibility index (Phi) is 10.9. The Morgan fingerprint density at radius 2 is 1.60 bits per heavy atom. The molecule has 0 unspecified atom stereocenters. The lowest BCUT2D eigenvalue weighted by molar-refractivity contribution is 0.237. The van der Waals surface area contributed by atoms with Gasteiger partial charge in [0.1, 0.15) is 0 Å². The summed E-state index contributed by atoms with van der Waals surface area (Å²) in [5, 5.41) is 0. The Morgan fingerprint density at radius 3 is 2.13 bits per heavy atom. The average Bonchev–Trinajstić information content (AvgIpc) is 2.20. The van der Waals surface area contributed by atoms with Crippen LogP contribution < -0.4 is 0 Å². The van der Waals surface area contributed by atoms with Crippen molar-refractivity contribution < 1.29 is 0 Å². The van der Waals surface area contributed by atoms with E-state index >= 15 is 0 Å². The number of likely N-dealkylation sites (N-methyl/N-ethyl adjacent to an activating group) is 1. The molecule has 0 bridgehead atoms. The monoisotopic (exact) mass is 234 g/mol. The van der Waals surface area contributed by atoms with E-state index in [1.807, 2.05) is 0 Å². The molecule has 0 spiro atoms. The fourth-order valence-electron chi connectivity index (χ4n) is 1.60.